The van der Waals surface area contributed by atoms with Crippen LogP contribution in [-0.4, -0.2) is 56.9 Å². The highest BCUT2D eigenvalue weighted by Gasteiger charge is 2.38. The number of nitrogens with zero attached hydrogens (tertiary/aromatic N) is 2. The largest absolute Gasteiger partial charge is 0.341 e. The lowest BCUT2D eigenvalue weighted by Gasteiger charge is -2.34. The van der Waals surface area contributed by atoms with Gasteiger partial charge in [-0.1, -0.05) is 25.1 Å². The lowest BCUT2D eigenvalue weighted by atomic mass is 9.84. The van der Waals surface area contributed by atoms with Crippen LogP contribution in [0.4, 0.5) is 4.79 Å². The summed E-state index contributed by atoms with van der Waals surface area (Å²) in [6.07, 6.45) is 3.54. The van der Waals surface area contributed by atoms with E-state index >= 15 is 0 Å². The zero-order valence-electron chi connectivity index (χ0n) is 15.6. The van der Waals surface area contributed by atoms with Crippen LogP contribution in [0.5, 0.6) is 0 Å². The van der Waals surface area contributed by atoms with E-state index in [1.807, 2.05) is 24.0 Å². The van der Waals surface area contributed by atoms with Gasteiger partial charge in [-0.2, -0.15) is 4.31 Å². The number of urea groups is 1. The molecule has 0 aromatic heterocycles. The molecule has 1 unspecified atom stereocenters. The maximum Gasteiger partial charge on any atom is 0.317 e. The molecule has 2 heterocycles. The number of nitrogens with one attached hydrogen (secondary N) is 1. The van der Waals surface area contributed by atoms with Gasteiger partial charge in [0.25, 0.3) is 0 Å². The minimum absolute atomic E-state index is 0.0183. The summed E-state index contributed by atoms with van der Waals surface area (Å²) >= 11 is 0. The molecular weight excluding hydrogens is 350 g/mol. The van der Waals surface area contributed by atoms with Crippen LogP contribution < -0.4 is 5.32 Å². The Morgan fingerprint density at radius 2 is 1.77 bits per heavy atom. The van der Waals surface area contributed by atoms with Gasteiger partial charge in [-0.3, -0.25) is 0 Å². The summed E-state index contributed by atoms with van der Waals surface area (Å²) in [6.45, 7) is 4.70. The lowest BCUT2D eigenvalue weighted by Crippen LogP contribution is -2.44. The number of carbonyl (C=O) groups is 1. The first kappa shape index (κ1) is 19.2. The van der Waals surface area contributed by atoms with Crippen LogP contribution in [-0.2, 0) is 16.4 Å². The van der Waals surface area contributed by atoms with Gasteiger partial charge in [-0.05, 0) is 49.1 Å². The second-order valence-electron chi connectivity index (χ2n) is 7.25. The predicted octanol–water partition coefficient (Wildman–Crippen LogP) is 2.31. The van der Waals surface area contributed by atoms with E-state index in [0.717, 1.165) is 37.9 Å². The van der Waals surface area contributed by atoms with Gasteiger partial charge in [0.1, 0.15) is 0 Å². The standard InChI is InChI=1S/C19H29N3O3S/c1-3-15-6-4-5-7-18(15)26(24,25)22-13-10-17(14-22)16-8-11-21(12-9-16)19(23)20-2/h4-7,16-17H,3,8-14H2,1-2H3,(H,20,23). The molecule has 1 aromatic carbocycles. The molecule has 2 amide bonds. The SMILES string of the molecule is CCc1ccccc1S(=O)(=O)N1CCC(C2CCN(C(=O)NC)CC2)C1. The summed E-state index contributed by atoms with van der Waals surface area (Å²) in [5.74, 6) is 0.892. The second kappa shape index (κ2) is 7.96. The predicted molar refractivity (Wildman–Crippen MR) is 101 cm³/mol. The Morgan fingerprint density at radius 1 is 1.12 bits per heavy atom. The third kappa shape index (κ3) is 3.74. The number of sulfonamides is 1. The van der Waals surface area contributed by atoms with Crippen molar-refractivity contribution in [3.05, 3.63) is 29.8 Å². The minimum Gasteiger partial charge on any atom is -0.341 e. The summed E-state index contributed by atoms with van der Waals surface area (Å²) in [7, 11) is -1.77. The van der Waals surface area contributed by atoms with Gasteiger partial charge in [0.15, 0.2) is 0 Å². The zero-order chi connectivity index (χ0) is 18.7. The molecule has 6 nitrogen and oxygen atoms in total. The Kier molecular flexibility index (Phi) is 5.87. The summed E-state index contributed by atoms with van der Waals surface area (Å²) in [5.41, 5.74) is 0.884. The van der Waals surface area contributed by atoms with Gasteiger partial charge in [-0.15, -0.1) is 0 Å². The smallest absolute Gasteiger partial charge is 0.317 e. The van der Waals surface area contributed by atoms with Crippen LogP contribution >= 0.6 is 0 Å². The molecule has 1 aromatic rings. The Labute approximate surface area is 156 Å². The van der Waals surface area contributed by atoms with Crippen molar-refractivity contribution in [2.24, 2.45) is 11.8 Å². The molecule has 2 fully saturated rings. The van der Waals surface area contributed by atoms with E-state index in [2.05, 4.69) is 5.32 Å². The monoisotopic (exact) mass is 379 g/mol. The topological polar surface area (TPSA) is 69.7 Å². The molecule has 26 heavy (non-hydrogen) atoms. The van der Waals surface area contributed by atoms with Gasteiger partial charge in [-0.25, -0.2) is 13.2 Å². The van der Waals surface area contributed by atoms with Gasteiger partial charge >= 0.3 is 6.03 Å². The Hall–Kier alpha value is -1.60. The highest BCUT2D eigenvalue weighted by Crippen LogP contribution is 2.34. The van der Waals surface area contributed by atoms with Crippen molar-refractivity contribution >= 4 is 16.1 Å². The van der Waals surface area contributed by atoms with Gasteiger partial charge in [0.05, 0.1) is 4.90 Å². The average molecular weight is 380 g/mol. The fourth-order valence-electron chi connectivity index (χ4n) is 4.28. The molecule has 144 valence electrons. The van der Waals surface area contributed by atoms with E-state index < -0.39 is 10.0 Å². The third-order valence-electron chi connectivity index (χ3n) is 5.87. The number of aryl methyl sites for hydroxylation is 1. The molecular formula is C19H29N3O3S. The molecule has 0 bridgehead atoms. The minimum atomic E-state index is -3.42. The first-order valence-corrected chi connectivity index (χ1v) is 11.0. The number of rotatable bonds is 4. The summed E-state index contributed by atoms with van der Waals surface area (Å²) in [6, 6.07) is 7.30. The molecule has 2 saturated heterocycles. The molecule has 2 aliphatic rings. The third-order valence-corrected chi connectivity index (χ3v) is 7.83. The van der Waals surface area contributed by atoms with Gasteiger partial charge in [0, 0.05) is 33.2 Å². The molecule has 7 heteroatoms. The van der Waals surface area contributed by atoms with Crippen molar-refractivity contribution in [3.63, 3.8) is 0 Å². The highest BCUT2D eigenvalue weighted by atomic mass is 32.2. The number of piperidine rings is 1. The molecule has 1 atom stereocenters. The van der Waals surface area contributed by atoms with Gasteiger partial charge < -0.3 is 10.2 Å². The molecule has 3 rings (SSSR count). The first-order valence-electron chi connectivity index (χ1n) is 9.52. The van der Waals surface area contributed by atoms with Crippen LogP contribution in [0, 0.1) is 11.8 Å². The number of carbonyl (C=O) groups excluding carboxylic acids is 1. The number of benzene rings is 1. The van der Waals surface area contributed by atoms with E-state index in [-0.39, 0.29) is 6.03 Å². The molecule has 2 aliphatic heterocycles. The first-order chi connectivity index (χ1) is 12.5. The van der Waals surface area contributed by atoms with E-state index in [0.29, 0.717) is 36.2 Å². The van der Waals surface area contributed by atoms with E-state index in [1.54, 1.807) is 23.5 Å². The zero-order valence-corrected chi connectivity index (χ0v) is 16.5. The van der Waals surface area contributed by atoms with Crippen LogP contribution in [0.1, 0.15) is 31.7 Å². The maximum atomic E-state index is 13.1. The fourth-order valence-corrected chi connectivity index (χ4v) is 6.08. The highest BCUT2D eigenvalue weighted by molar-refractivity contribution is 7.89. The van der Waals surface area contributed by atoms with E-state index in [1.165, 1.54) is 0 Å². The molecule has 0 spiro atoms. The van der Waals surface area contributed by atoms with Crippen LogP contribution in [0.2, 0.25) is 0 Å². The summed E-state index contributed by atoms with van der Waals surface area (Å²) < 4.78 is 27.8. The van der Waals surface area contributed by atoms with E-state index in [9.17, 15) is 13.2 Å². The molecule has 0 aliphatic carbocycles. The van der Waals surface area contributed by atoms with Gasteiger partial charge in [0.2, 0.25) is 10.0 Å². The van der Waals surface area contributed by atoms with Crippen LogP contribution in [0.3, 0.4) is 0 Å². The second-order valence-corrected chi connectivity index (χ2v) is 9.16. The lowest BCUT2D eigenvalue weighted by molar-refractivity contribution is 0.153. The number of amides is 2. The Bertz CT molecular complexity index is 742. The summed E-state index contributed by atoms with van der Waals surface area (Å²) in [5, 5.41) is 2.67. The van der Waals surface area contributed by atoms with Crippen LogP contribution in [0.15, 0.2) is 29.2 Å². The number of likely N-dealkylation sites (tertiary alicyclic amines) is 1. The summed E-state index contributed by atoms with van der Waals surface area (Å²) in [4.78, 5) is 14.0. The van der Waals surface area contributed by atoms with Crippen molar-refractivity contribution in [2.75, 3.05) is 33.2 Å². The van der Waals surface area contributed by atoms with Crippen LogP contribution in [0.25, 0.3) is 0 Å². The molecule has 0 radical (unpaired) electrons. The maximum absolute atomic E-state index is 13.1. The Morgan fingerprint density at radius 3 is 2.42 bits per heavy atom. The van der Waals surface area contributed by atoms with Crippen molar-refractivity contribution in [1.29, 1.82) is 0 Å². The quantitative estimate of drug-likeness (QED) is 0.873. The van der Waals surface area contributed by atoms with Crippen molar-refractivity contribution < 1.29 is 13.2 Å². The number of hydrogen-bond acceptors (Lipinski definition) is 3. The molecule has 1 N–H and O–H groups in total. The number of hydrogen-bond donors (Lipinski definition) is 1. The Balaban J connectivity index is 1.65. The van der Waals surface area contributed by atoms with Crippen molar-refractivity contribution in [1.82, 2.24) is 14.5 Å². The average Bonchev–Trinajstić information content (AvgIpc) is 3.18. The molecule has 0 saturated carbocycles. The van der Waals surface area contributed by atoms with Crippen molar-refractivity contribution in [2.45, 2.75) is 37.5 Å². The normalized spacial score (nSPS) is 22.5. The van der Waals surface area contributed by atoms with Crippen molar-refractivity contribution in [3.8, 4) is 0 Å². The fraction of sp³-hybridized carbons (Fsp3) is 0.632. The van der Waals surface area contributed by atoms with E-state index in [4.69, 9.17) is 0 Å².